The molecule has 0 aliphatic heterocycles. The van der Waals surface area contributed by atoms with Crippen LogP contribution >= 0.6 is 38.3 Å². The van der Waals surface area contributed by atoms with Crippen LogP contribution in [0.1, 0.15) is 51.0 Å². The van der Waals surface area contributed by atoms with E-state index >= 15 is 0 Å². The largest absolute Gasteiger partial charge is 0.511 e. The average molecular weight is 622 g/mol. The minimum atomic E-state index is -0.406. The molecule has 1 aliphatic carbocycles. The molecule has 1 saturated carbocycles. The smallest absolute Gasteiger partial charge is 0.353 e. The predicted molar refractivity (Wildman–Crippen MR) is 179 cm³/mol. The molecule has 3 aromatic heterocycles. The molecule has 0 unspecified atom stereocenters. The van der Waals surface area contributed by atoms with Gasteiger partial charge in [-0.05, 0) is 93.3 Å². The van der Waals surface area contributed by atoms with Crippen molar-refractivity contribution in [3.8, 4) is 17.2 Å². The van der Waals surface area contributed by atoms with Crippen LogP contribution in [-0.4, -0.2) is 25.4 Å². The zero-order valence-corrected chi connectivity index (χ0v) is 26.4. The van der Waals surface area contributed by atoms with E-state index < -0.39 is 5.69 Å². The second-order valence-corrected chi connectivity index (χ2v) is 11.8. The fourth-order valence-electron chi connectivity index (χ4n) is 5.94. The van der Waals surface area contributed by atoms with Crippen molar-refractivity contribution in [1.29, 1.82) is 0 Å². The first-order valence-corrected chi connectivity index (χ1v) is 14.5. The molecule has 220 valence electrons. The Bertz CT molecular complexity index is 1830. The maximum Gasteiger partial charge on any atom is 0.353 e. The van der Waals surface area contributed by atoms with E-state index in [-0.39, 0.29) is 38.5 Å². The van der Waals surface area contributed by atoms with E-state index in [1.165, 1.54) is 11.3 Å². The standard InChI is InChI=1S/C32H31N3O4S.2H2S/c1-19-16-24(39-23-6-4-3-5-7-23)12-13-25(19)35-26-14-15-33-31-28(26)29(34-32(35)38)30(40-31)27(37)18-22-10-8-21(9-11-22)17-20(2)36;;/h3-7,12-16,21-22,37H,8-11,17-18H2,1-2H3;2*1H2. The average Bonchev–Trinajstić information content (AvgIpc) is 3.30. The summed E-state index contributed by atoms with van der Waals surface area (Å²) < 4.78 is 8.21. The number of benzene rings is 2. The van der Waals surface area contributed by atoms with Crippen LogP contribution in [0.2, 0.25) is 0 Å². The lowest BCUT2D eigenvalue weighted by molar-refractivity contribution is -0.118. The molecule has 2 aromatic carbocycles. The third-order valence-electron chi connectivity index (χ3n) is 7.86. The first-order valence-electron chi connectivity index (χ1n) is 13.7. The van der Waals surface area contributed by atoms with Crippen LogP contribution < -0.4 is 15.0 Å². The van der Waals surface area contributed by atoms with E-state index in [0.29, 0.717) is 46.0 Å². The number of para-hydroxylation sites is 1. The van der Waals surface area contributed by atoms with Crippen LogP contribution in [0.25, 0.3) is 32.7 Å². The highest BCUT2D eigenvalue weighted by molar-refractivity contribution is 7.59. The van der Waals surface area contributed by atoms with Crippen molar-refractivity contribution < 1.29 is 14.6 Å². The SMILES string of the molecule is CC(=O)CC1CCC(CC(O)=c2sc3nccc4c3c2nc(=O)n4-c2ccc(Oc3ccccc3)cc2C)CC1.S.S. The lowest BCUT2D eigenvalue weighted by atomic mass is 9.78. The summed E-state index contributed by atoms with van der Waals surface area (Å²) in [6.45, 7) is 3.60. The van der Waals surface area contributed by atoms with Crippen LogP contribution in [0.4, 0.5) is 0 Å². The van der Waals surface area contributed by atoms with Gasteiger partial charge in [0.2, 0.25) is 0 Å². The fourth-order valence-corrected chi connectivity index (χ4v) is 7.00. The number of aliphatic hydroxyl groups is 1. The first-order chi connectivity index (χ1) is 19.4. The number of aryl methyl sites for hydroxylation is 1. The molecular formula is C32H35N3O4S3. The molecule has 5 aromatic rings. The lowest BCUT2D eigenvalue weighted by Crippen LogP contribution is -2.24. The molecule has 1 fully saturated rings. The van der Waals surface area contributed by atoms with E-state index in [1.807, 2.05) is 61.5 Å². The summed E-state index contributed by atoms with van der Waals surface area (Å²) in [5, 5.41) is 12.0. The summed E-state index contributed by atoms with van der Waals surface area (Å²) in [7, 11) is 0. The molecule has 42 heavy (non-hydrogen) atoms. The molecule has 7 nitrogen and oxygen atoms in total. The molecule has 0 bridgehead atoms. The number of aliphatic hydroxyl groups excluding tert-OH is 1. The molecule has 3 heterocycles. The lowest BCUT2D eigenvalue weighted by Gasteiger charge is -2.27. The summed E-state index contributed by atoms with van der Waals surface area (Å²) in [6.07, 6.45) is 6.87. The number of pyridine rings is 1. The van der Waals surface area contributed by atoms with Crippen molar-refractivity contribution in [1.82, 2.24) is 14.5 Å². The number of hydrogen-bond acceptors (Lipinski definition) is 7. The van der Waals surface area contributed by atoms with Gasteiger partial charge in [0, 0.05) is 19.0 Å². The Morgan fingerprint density at radius 2 is 1.69 bits per heavy atom. The van der Waals surface area contributed by atoms with Gasteiger partial charge in [-0.2, -0.15) is 32.0 Å². The number of carbonyl (C=O) groups excluding carboxylic acids is 1. The number of thiophene rings is 1. The van der Waals surface area contributed by atoms with Gasteiger partial charge in [0.05, 0.1) is 21.1 Å². The molecule has 1 aliphatic rings. The fraction of sp³-hybridized carbons (Fsp3) is 0.312. The van der Waals surface area contributed by atoms with Crippen molar-refractivity contribution in [3.05, 3.63) is 81.4 Å². The van der Waals surface area contributed by atoms with E-state index in [0.717, 1.165) is 52.9 Å². The molecule has 0 amide bonds. The third kappa shape index (κ3) is 6.35. The van der Waals surface area contributed by atoms with Crippen LogP contribution in [0.3, 0.4) is 0 Å². The van der Waals surface area contributed by atoms with Gasteiger partial charge < -0.3 is 14.6 Å². The third-order valence-corrected chi connectivity index (χ3v) is 9.00. The molecule has 0 radical (unpaired) electrons. The van der Waals surface area contributed by atoms with Crippen molar-refractivity contribution in [3.63, 3.8) is 0 Å². The number of aromatic nitrogens is 3. The molecule has 0 saturated heterocycles. The molecule has 1 N–H and O–H groups in total. The van der Waals surface area contributed by atoms with Crippen molar-refractivity contribution in [2.75, 3.05) is 0 Å². The van der Waals surface area contributed by atoms with Gasteiger partial charge in [0.1, 0.15) is 33.4 Å². The van der Waals surface area contributed by atoms with Gasteiger partial charge in [-0.1, -0.05) is 18.2 Å². The molecular weight excluding hydrogens is 587 g/mol. The van der Waals surface area contributed by atoms with Crippen LogP contribution in [-0.2, 0) is 4.79 Å². The van der Waals surface area contributed by atoms with Gasteiger partial charge in [-0.15, -0.1) is 11.3 Å². The Morgan fingerprint density at radius 3 is 2.36 bits per heavy atom. The number of rotatable bonds is 7. The summed E-state index contributed by atoms with van der Waals surface area (Å²) in [4.78, 5) is 34.8. The maximum atomic E-state index is 13.5. The topological polar surface area (TPSA) is 94.3 Å². The Kier molecular flexibility index (Phi) is 10.0. The van der Waals surface area contributed by atoms with Crippen molar-refractivity contribution in [2.45, 2.75) is 52.4 Å². The van der Waals surface area contributed by atoms with Gasteiger partial charge in [0.25, 0.3) is 0 Å². The highest BCUT2D eigenvalue weighted by Crippen LogP contribution is 2.35. The number of carbonyl (C=O) groups is 1. The second kappa shape index (κ2) is 13.3. The van der Waals surface area contributed by atoms with Gasteiger partial charge >= 0.3 is 5.69 Å². The Labute approximate surface area is 262 Å². The molecule has 0 atom stereocenters. The number of ketones is 1. The zero-order chi connectivity index (χ0) is 27.8. The van der Waals surface area contributed by atoms with E-state index in [2.05, 4.69) is 9.97 Å². The summed E-state index contributed by atoms with van der Waals surface area (Å²) in [5.74, 6) is 2.74. The number of ether oxygens (including phenoxy) is 1. The van der Waals surface area contributed by atoms with Gasteiger partial charge in [-0.25, -0.2) is 9.78 Å². The van der Waals surface area contributed by atoms with Gasteiger partial charge in [-0.3, -0.25) is 4.57 Å². The van der Waals surface area contributed by atoms with Crippen molar-refractivity contribution >= 4 is 71.1 Å². The normalized spacial score (nSPS) is 17.4. The second-order valence-electron chi connectivity index (χ2n) is 10.8. The van der Waals surface area contributed by atoms with E-state index in [9.17, 15) is 14.7 Å². The number of nitrogens with zero attached hydrogens (tertiary/aromatic N) is 3. The van der Waals surface area contributed by atoms with Crippen LogP contribution in [0.5, 0.6) is 11.5 Å². The summed E-state index contributed by atoms with van der Waals surface area (Å²) in [6, 6.07) is 17.0. The highest BCUT2D eigenvalue weighted by atomic mass is 32.1. The zero-order valence-electron chi connectivity index (χ0n) is 23.6. The van der Waals surface area contributed by atoms with Crippen molar-refractivity contribution in [2.24, 2.45) is 11.8 Å². The Hall–Kier alpha value is -3.34. The predicted octanol–water partition coefficient (Wildman–Crippen LogP) is 6.88. The number of hydrogen-bond donors (Lipinski definition) is 1. The Balaban J connectivity index is 0.00000202. The van der Waals surface area contributed by atoms with Gasteiger partial charge in [0.15, 0.2) is 0 Å². The monoisotopic (exact) mass is 621 g/mol. The minimum absolute atomic E-state index is 0. The molecule has 0 spiro atoms. The molecule has 10 heteroatoms. The quantitative estimate of drug-likeness (QED) is 0.213. The maximum absolute atomic E-state index is 13.5. The molecule has 6 rings (SSSR count). The van der Waals surface area contributed by atoms with Crippen LogP contribution in [0, 0.1) is 18.8 Å². The Morgan fingerprint density at radius 1 is 1.00 bits per heavy atom. The van der Waals surface area contributed by atoms with E-state index in [1.54, 1.807) is 17.7 Å². The summed E-state index contributed by atoms with van der Waals surface area (Å²) in [5.41, 5.74) is 2.40. The van der Waals surface area contributed by atoms with Crippen LogP contribution in [0.15, 0.2) is 65.6 Å². The number of Topliss-reactive ketones (excluding diaryl/α,β-unsaturated/α-hetero) is 1. The highest BCUT2D eigenvalue weighted by Gasteiger charge is 2.24. The minimum Gasteiger partial charge on any atom is -0.511 e. The summed E-state index contributed by atoms with van der Waals surface area (Å²) >= 11 is 1.38. The van der Waals surface area contributed by atoms with E-state index in [4.69, 9.17) is 4.74 Å². The first kappa shape index (κ1) is 31.6.